The lowest BCUT2D eigenvalue weighted by Crippen LogP contribution is -3.14. The predicted molar refractivity (Wildman–Crippen MR) is 119 cm³/mol. The van der Waals surface area contributed by atoms with Crippen molar-refractivity contribution in [1.29, 1.82) is 0 Å². The minimum absolute atomic E-state index is 0.00339. The van der Waals surface area contributed by atoms with E-state index in [0.717, 1.165) is 67.5 Å². The minimum Gasteiger partial charge on any atom is -0.370 e. The van der Waals surface area contributed by atoms with Crippen LogP contribution in [0.4, 0.5) is 0 Å². The number of benzene rings is 2. The second-order valence-corrected chi connectivity index (χ2v) is 7.79. The molecule has 1 aliphatic heterocycles. The van der Waals surface area contributed by atoms with Crippen LogP contribution in [-0.2, 0) is 4.74 Å². The number of aromatic nitrogens is 1. The molecule has 0 spiro atoms. The lowest BCUT2D eigenvalue weighted by Gasteiger charge is -2.23. The fourth-order valence-electron chi connectivity index (χ4n) is 4.11. The van der Waals surface area contributed by atoms with E-state index >= 15 is 0 Å². The molecule has 0 atom stereocenters. The van der Waals surface area contributed by atoms with Gasteiger partial charge in [-0.25, -0.2) is 0 Å². The van der Waals surface area contributed by atoms with Crippen LogP contribution >= 0.6 is 0 Å². The van der Waals surface area contributed by atoms with E-state index in [4.69, 9.17) is 4.74 Å². The minimum atomic E-state index is -0.00339. The lowest BCUT2D eigenvalue weighted by atomic mass is 10.1. The molecular weight excluding hydrogens is 374 g/mol. The summed E-state index contributed by atoms with van der Waals surface area (Å²) < 4.78 is 7.58. The van der Waals surface area contributed by atoms with Gasteiger partial charge in [0.1, 0.15) is 13.1 Å². The first-order chi connectivity index (χ1) is 14.7. The zero-order valence-corrected chi connectivity index (χ0v) is 17.6. The maximum atomic E-state index is 13.0. The molecule has 0 bridgehead atoms. The van der Waals surface area contributed by atoms with E-state index in [-0.39, 0.29) is 5.91 Å². The molecule has 3 aromatic rings. The van der Waals surface area contributed by atoms with Gasteiger partial charge in [-0.3, -0.25) is 4.79 Å². The standard InChI is InChI=1S/C25H29N3O2/c1-20-23(25(29)26-13-8-14-27-15-17-30-18-16-27)19-24(21-9-4-2-5-10-21)28(20)22-11-6-3-7-12-22/h2-7,9-12,19H,8,13-18H2,1H3,(H,26,29)/p+1. The number of carbonyl (C=O) groups excluding carboxylic acids is 1. The Morgan fingerprint density at radius 1 is 1.03 bits per heavy atom. The molecular formula is C25H30N3O2+. The highest BCUT2D eigenvalue weighted by Gasteiger charge is 2.19. The number of quaternary nitrogens is 1. The van der Waals surface area contributed by atoms with Crippen LogP contribution in [0.3, 0.4) is 0 Å². The van der Waals surface area contributed by atoms with Crippen LogP contribution in [0, 0.1) is 6.92 Å². The van der Waals surface area contributed by atoms with Crippen molar-refractivity contribution in [2.45, 2.75) is 13.3 Å². The second kappa shape index (κ2) is 9.74. The normalized spacial score (nSPS) is 14.6. The van der Waals surface area contributed by atoms with E-state index in [2.05, 4.69) is 34.1 Å². The molecule has 2 aromatic carbocycles. The van der Waals surface area contributed by atoms with Crippen molar-refractivity contribution in [2.75, 3.05) is 39.4 Å². The van der Waals surface area contributed by atoms with Crippen molar-refractivity contribution in [2.24, 2.45) is 0 Å². The Bertz CT molecular complexity index is 961. The van der Waals surface area contributed by atoms with Crippen LogP contribution in [0.15, 0.2) is 66.7 Å². The quantitative estimate of drug-likeness (QED) is 0.595. The van der Waals surface area contributed by atoms with Crippen molar-refractivity contribution in [1.82, 2.24) is 9.88 Å². The number of para-hydroxylation sites is 1. The molecule has 1 fully saturated rings. The van der Waals surface area contributed by atoms with Crippen molar-refractivity contribution in [3.05, 3.63) is 78.0 Å². The monoisotopic (exact) mass is 404 g/mol. The molecule has 2 heterocycles. The number of rotatable bonds is 7. The van der Waals surface area contributed by atoms with Crippen LogP contribution in [0.5, 0.6) is 0 Å². The highest BCUT2D eigenvalue weighted by molar-refractivity contribution is 5.97. The molecule has 30 heavy (non-hydrogen) atoms. The summed E-state index contributed by atoms with van der Waals surface area (Å²) in [7, 11) is 0. The molecule has 2 N–H and O–H groups in total. The average molecular weight is 405 g/mol. The molecule has 0 saturated carbocycles. The van der Waals surface area contributed by atoms with Gasteiger partial charge in [-0.2, -0.15) is 0 Å². The molecule has 0 unspecified atom stereocenters. The Hall–Kier alpha value is -2.89. The summed E-state index contributed by atoms with van der Waals surface area (Å²) in [5, 5.41) is 3.13. The highest BCUT2D eigenvalue weighted by Crippen LogP contribution is 2.29. The van der Waals surface area contributed by atoms with Crippen molar-refractivity contribution in [3.63, 3.8) is 0 Å². The van der Waals surface area contributed by atoms with E-state index < -0.39 is 0 Å². The third kappa shape index (κ3) is 4.64. The van der Waals surface area contributed by atoms with Gasteiger partial charge in [0.15, 0.2) is 0 Å². The molecule has 4 rings (SSSR count). The van der Waals surface area contributed by atoms with Gasteiger partial charge in [0.2, 0.25) is 0 Å². The number of amides is 1. The molecule has 1 saturated heterocycles. The summed E-state index contributed by atoms with van der Waals surface area (Å²) in [5.74, 6) is -0.00339. The first-order valence-electron chi connectivity index (χ1n) is 10.8. The smallest absolute Gasteiger partial charge is 0.253 e. The van der Waals surface area contributed by atoms with Gasteiger partial charge < -0.3 is 19.5 Å². The van der Waals surface area contributed by atoms with Gasteiger partial charge in [-0.1, -0.05) is 48.5 Å². The van der Waals surface area contributed by atoms with Crippen LogP contribution in [0.2, 0.25) is 0 Å². The number of ether oxygens (including phenoxy) is 1. The summed E-state index contributed by atoms with van der Waals surface area (Å²) in [6.45, 7) is 7.60. The van der Waals surface area contributed by atoms with Gasteiger partial charge in [0.25, 0.3) is 5.91 Å². The van der Waals surface area contributed by atoms with Gasteiger partial charge >= 0.3 is 0 Å². The number of nitrogens with zero attached hydrogens (tertiary/aromatic N) is 1. The second-order valence-electron chi connectivity index (χ2n) is 7.79. The molecule has 0 aliphatic carbocycles. The van der Waals surface area contributed by atoms with Crippen molar-refractivity contribution < 1.29 is 14.4 Å². The van der Waals surface area contributed by atoms with Gasteiger partial charge in [-0.05, 0) is 30.7 Å². The fourth-order valence-corrected chi connectivity index (χ4v) is 4.11. The fraction of sp³-hybridized carbons (Fsp3) is 0.320. The van der Waals surface area contributed by atoms with Crippen LogP contribution in [0.1, 0.15) is 22.5 Å². The van der Waals surface area contributed by atoms with Crippen molar-refractivity contribution in [3.8, 4) is 16.9 Å². The summed E-state index contributed by atoms with van der Waals surface area (Å²) in [4.78, 5) is 14.6. The Morgan fingerprint density at radius 2 is 1.70 bits per heavy atom. The first-order valence-corrected chi connectivity index (χ1v) is 10.8. The van der Waals surface area contributed by atoms with Crippen LogP contribution in [-0.4, -0.2) is 49.9 Å². The summed E-state index contributed by atoms with van der Waals surface area (Å²) in [5.41, 5.74) is 4.87. The van der Waals surface area contributed by atoms with Crippen molar-refractivity contribution >= 4 is 5.91 Å². The maximum Gasteiger partial charge on any atom is 0.253 e. The predicted octanol–water partition coefficient (Wildman–Crippen LogP) is 2.49. The maximum absolute atomic E-state index is 13.0. The number of hydrogen-bond donors (Lipinski definition) is 2. The first kappa shape index (κ1) is 20.4. The number of carbonyl (C=O) groups is 1. The Morgan fingerprint density at radius 3 is 2.40 bits per heavy atom. The number of nitrogens with one attached hydrogen (secondary N) is 2. The van der Waals surface area contributed by atoms with Crippen LogP contribution in [0.25, 0.3) is 16.9 Å². The SMILES string of the molecule is Cc1c(C(=O)NCCC[NH+]2CCOCC2)cc(-c2ccccc2)n1-c1ccccc1. The average Bonchev–Trinajstić information content (AvgIpc) is 3.15. The molecule has 1 aliphatic rings. The summed E-state index contributed by atoms with van der Waals surface area (Å²) in [6.07, 6.45) is 0.977. The molecule has 0 radical (unpaired) electrons. The molecule has 1 aromatic heterocycles. The Labute approximate surface area is 178 Å². The zero-order valence-electron chi connectivity index (χ0n) is 17.6. The Balaban J connectivity index is 1.51. The van der Waals surface area contributed by atoms with E-state index in [1.165, 1.54) is 0 Å². The van der Waals surface area contributed by atoms with E-state index in [1.54, 1.807) is 4.90 Å². The number of hydrogen-bond acceptors (Lipinski definition) is 2. The van der Waals surface area contributed by atoms with Gasteiger partial charge in [0, 0.05) is 24.3 Å². The van der Waals surface area contributed by atoms with E-state index in [0.29, 0.717) is 6.54 Å². The molecule has 5 nitrogen and oxygen atoms in total. The third-order valence-corrected chi connectivity index (χ3v) is 5.77. The summed E-state index contributed by atoms with van der Waals surface area (Å²) >= 11 is 0. The van der Waals surface area contributed by atoms with E-state index in [1.807, 2.05) is 49.4 Å². The lowest BCUT2D eigenvalue weighted by molar-refractivity contribution is -0.908. The summed E-state index contributed by atoms with van der Waals surface area (Å²) in [6, 6.07) is 22.5. The van der Waals surface area contributed by atoms with E-state index in [9.17, 15) is 4.79 Å². The molecule has 5 heteroatoms. The highest BCUT2D eigenvalue weighted by atomic mass is 16.5. The largest absolute Gasteiger partial charge is 0.370 e. The van der Waals surface area contributed by atoms with Gasteiger partial charge in [-0.15, -0.1) is 0 Å². The third-order valence-electron chi connectivity index (χ3n) is 5.77. The van der Waals surface area contributed by atoms with Gasteiger partial charge in [0.05, 0.1) is 31.0 Å². The zero-order chi connectivity index (χ0) is 20.8. The molecule has 156 valence electrons. The molecule has 1 amide bonds. The van der Waals surface area contributed by atoms with Crippen LogP contribution < -0.4 is 10.2 Å². The Kier molecular flexibility index (Phi) is 6.62. The number of morpholine rings is 1. The topological polar surface area (TPSA) is 47.7 Å².